The van der Waals surface area contributed by atoms with Gasteiger partial charge in [0.15, 0.2) is 11.0 Å². The fourth-order valence-corrected chi connectivity index (χ4v) is 3.99. The maximum Gasteiger partial charge on any atom is 0.220 e. The lowest BCUT2D eigenvalue weighted by atomic mass is 10.2. The van der Waals surface area contributed by atoms with Gasteiger partial charge in [0.2, 0.25) is 5.91 Å². The standard InChI is InChI=1S/C22H25ClN4OS/c1-3-4-10-21(28)24-14-20-25-26-22(29-15-17-8-6-5-7-9-17)27(20)19-13-18(23)12-11-16(19)2/h5-9,11-13H,3-4,10,14-15H2,1-2H3,(H,24,28). The van der Waals surface area contributed by atoms with E-state index in [1.54, 1.807) is 11.8 Å². The Morgan fingerprint density at radius 1 is 1.17 bits per heavy atom. The number of carbonyl (C=O) groups is 1. The number of hydrogen-bond donors (Lipinski definition) is 1. The van der Waals surface area contributed by atoms with E-state index in [9.17, 15) is 4.79 Å². The van der Waals surface area contributed by atoms with Gasteiger partial charge < -0.3 is 5.32 Å². The highest BCUT2D eigenvalue weighted by Crippen LogP contribution is 2.28. The molecular weight excluding hydrogens is 404 g/mol. The van der Waals surface area contributed by atoms with Crippen LogP contribution in [0.2, 0.25) is 5.02 Å². The number of aryl methyl sites for hydroxylation is 1. The van der Waals surface area contributed by atoms with Crippen LogP contribution in [0.3, 0.4) is 0 Å². The van der Waals surface area contributed by atoms with Gasteiger partial charge in [-0.15, -0.1) is 10.2 Å². The highest BCUT2D eigenvalue weighted by molar-refractivity contribution is 7.98. The van der Waals surface area contributed by atoms with Crippen molar-refractivity contribution in [2.75, 3.05) is 0 Å². The van der Waals surface area contributed by atoms with E-state index in [4.69, 9.17) is 11.6 Å². The molecule has 29 heavy (non-hydrogen) atoms. The molecule has 1 amide bonds. The third kappa shape index (κ3) is 5.84. The van der Waals surface area contributed by atoms with Crippen molar-refractivity contribution >= 4 is 29.3 Å². The molecule has 1 heterocycles. The molecule has 0 atom stereocenters. The summed E-state index contributed by atoms with van der Waals surface area (Å²) in [6, 6.07) is 16.0. The average molecular weight is 429 g/mol. The Morgan fingerprint density at radius 2 is 1.97 bits per heavy atom. The van der Waals surface area contributed by atoms with E-state index in [2.05, 4.69) is 34.6 Å². The normalized spacial score (nSPS) is 10.9. The van der Waals surface area contributed by atoms with E-state index in [0.29, 0.717) is 23.8 Å². The summed E-state index contributed by atoms with van der Waals surface area (Å²) in [4.78, 5) is 12.1. The molecule has 0 saturated heterocycles. The Morgan fingerprint density at radius 3 is 2.72 bits per heavy atom. The van der Waals surface area contributed by atoms with Gasteiger partial charge in [0.05, 0.1) is 12.2 Å². The topological polar surface area (TPSA) is 59.8 Å². The molecule has 0 radical (unpaired) electrons. The number of hydrogen-bond acceptors (Lipinski definition) is 4. The van der Waals surface area contributed by atoms with E-state index >= 15 is 0 Å². The molecule has 0 aliphatic heterocycles. The largest absolute Gasteiger partial charge is 0.349 e. The first-order valence-corrected chi connectivity index (χ1v) is 11.1. The predicted molar refractivity (Wildman–Crippen MR) is 118 cm³/mol. The summed E-state index contributed by atoms with van der Waals surface area (Å²) >= 11 is 7.88. The zero-order chi connectivity index (χ0) is 20.6. The summed E-state index contributed by atoms with van der Waals surface area (Å²) < 4.78 is 1.99. The molecule has 152 valence electrons. The number of thioether (sulfide) groups is 1. The van der Waals surface area contributed by atoms with Gasteiger partial charge in [-0.2, -0.15) is 0 Å². The van der Waals surface area contributed by atoms with Crippen LogP contribution >= 0.6 is 23.4 Å². The number of halogens is 1. The Labute approximate surface area is 180 Å². The molecule has 5 nitrogen and oxygen atoms in total. The minimum atomic E-state index is 0.0303. The first-order valence-electron chi connectivity index (χ1n) is 9.72. The second-order valence-electron chi connectivity index (χ2n) is 6.82. The lowest BCUT2D eigenvalue weighted by Gasteiger charge is -2.14. The molecule has 3 rings (SSSR count). The molecule has 0 spiro atoms. The SMILES string of the molecule is CCCCC(=O)NCc1nnc(SCc2ccccc2)n1-c1cc(Cl)ccc1C. The van der Waals surface area contributed by atoms with Crippen LogP contribution in [0.4, 0.5) is 0 Å². The Kier molecular flexibility index (Phi) is 7.72. The van der Waals surface area contributed by atoms with Crippen molar-refractivity contribution in [2.24, 2.45) is 0 Å². The zero-order valence-electron chi connectivity index (χ0n) is 16.7. The van der Waals surface area contributed by atoms with Gasteiger partial charge in [-0.1, -0.05) is 73.1 Å². The quantitative estimate of drug-likeness (QED) is 0.468. The molecule has 1 N–H and O–H groups in total. The van der Waals surface area contributed by atoms with E-state index in [-0.39, 0.29) is 5.91 Å². The molecule has 1 aromatic heterocycles. The summed E-state index contributed by atoms with van der Waals surface area (Å²) in [5.74, 6) is 1.50. The van der Waals surface area contributed by atoms with E-state index in [0.717, 1.165) is 35.0 Å². The van der Waals surface area contributed by atoms with Crippen LogP contribution in [0, 0.1) is 6.92 Å². The van der Waals surface area contributed by atoms with Crippen LogP contribution in [-0.2, 0) is 17.1 Å². The molecule has 0 fully saturated rings. The van der Waals surface area contributed by atoms with Gasteiger partial charge in [0.25, 0.3) is 0 Å². The third-order valence-electron chi connectivity index (χ3n) is 4.52. The molecule has 0 aliphatic rings. The predicted octanol–water partition coefficient (Wildman–Crippen LogP) is 5.33. The van der Waals surface area contributed by atoms with Crippen LogP contribution in [0.15, 0.2) is 53.7 Å². The van der Waals surface area contributed by atoms with Gasteiger partial charge in [0.1, 0.15) is 0 Å². The first-order chi connectivity index (χ1) is 14.1. The smallest absolute Gasteiger partial charge is 0.220 e. The van der Waals surface area contributed by atoms with Crippen molar-refractivity contribution in [3.63, 3.8) is 0 Å². The number of carbonyl (C=O) groups excluding carboxylic acids is 1. The molecule has 7 heteroatoms. The summed E-state index contributed by atoms with van der Waals surface area (Å²) in [6.07, 6.45) is 2.39. The third-order valence-corrected chi connectivity index (χ3v) is 5.76. The van der Waals surface area contributed by atoms with E-state index in [1.165, 1.54) is 5.56 Å². The van der Waals surface area contributed by atoms with Crippen molar-refractivity contribution in [1.29, 1.82) is 0 Å². The van der Waals surface area contributed by atoms with Crippen molar-refractivity contribution in [3.8, 4) is 5.69 Å². The fourth-order valence-electron chi connectivity index (χ4n) is 2.90. The van der Waals surface area contributed by atoms with Crippen LogP contribution in [0.25, 0.3) is 5.69 Å². The second-order valence-corrected chi connectivity index (χ2v) is 8.20. The van der Waals surface area contributed by atoms with Crippen LogP contribution in [-0.4, -0.2) is 20.7 Å². The second kappa shape index (κ2) is 10.5. The number of rotatable bonds is 9. The van der Waals surface area contributed by atoms with Crippen molar-refractivity contribution < 1.29 is 4.79 Å². The van der Waals surface area contributed by atoms with Crippen LogP contribution in [0.5, 0.6) is 0 Å². The number of nitrogens with one attached hydrogen (secondary N) is 1. The van der Waals surface area contributed by atoms with Crippen LogP contribution < -0.4 is 5.32 Å². The minimum Gasteiger partial charge on any atom is -0.349 e. The van der Waals surface area contributed by atoms with Crippen molar-refractivity contribution in [2.45, 2.75) is 50.6 Å². The van der Waals surface area contributed by atoms with E-state index in [1.807, 2.05) is 47.9 Å². The van der Waals surface area contributed by atoms with Gasteiger partial charge >= 0.3 is 0 Å². The highest BCUT2D eigenvalue weighted by atomic mass is 35.5. The molecule has 0 bridgehead atoms. The number of nitrogens with zero attached hydrogens (tertiary/aromatic N) is 3. The molecule has 0 unspecified atom stereocenters. The van der Waals surface area contributed by atoms with Gasteiger partial charge in [0, 0.05) is 17.2 Å². The molecule has 0 aliphatic carbocycles. The highest BCUT2D eigenvalue weighted by Gasteiger charge is 2.17. The molecule has 0 saturated carbocycles. The maximum atomic E-state index is 12.1. The van der Waals surface area contributed by atoms with Crippen molar-refractivity contribution in [3.05, 3.63) is 70.5 Å². The summed E-state index contributed by atoms with van der Waals surface area (Å²) in [6.45, 7) is 4.43. The minimum absolute atomic E-state index is 0.0303. The first kappa shape index (κ1) is 21.4. The van der Waals surface area contributed by atoms with Gasteiger partial charge in [-0.25, -0.2) is 0 Å². The fraction of sp³-hybridized carbons (Fsp3) is 0.318. The maximum absolute atomic E-state index is 12.1. The van der Waals surface area contributed by atoms with Gasteiger partial charge in [-0.3, -0.25) is 9.36 Å². The Hall–Kier alpha value is -2.31. The monoisotopic (exact) mass is 428 g/mol. The number of unbranched alkanes of at least 4 members (excludes halogenated alkanes) is 1. The van der Waals surface area contributed by atoms with E-state index < -0.39 is 0 Å². The van der Waals surface area contributed by atoms with Crippen LogP contribution in [0.1, 0.15) is 43.1 Å². The van der Waals surface area contributed by atoms with Gasteiger partial charge in [-0.05, 0) is 36.6 Å². The summed E-state index contributed by atoms with van der Waals surface area (Å²) in [7, 11) is 0. The molecular formula is C22H25ClN4OS. The Balaban J connectivity index is 1.86. The molecule has 2 aromatic carbocycles. The summed E-state index contributed by atoms with van der Waals surface area (Å²) in [5.41, 5.74) is 3.20. The number of aromatic nitrogens is 3. The lowest BCUT2D eigenvalue weighted by Crippen LogP contribution is -2.24. The lowest BCUT2D eigenvalue weighted by molar-refractivity contribution is -0.121. The average Bonchev–Trinajstić information content (AvgIpc) is 3.14. The summed E-state index contributed by atoms with van der Waals surface area (Å²) in [5, 5.41) is 13.1. The number of amides is 1. The molecule has 3 aromatic rings. The van der Waals surface area contributed by atoms with Crippen molar-refractivity contribution in [1.82, 2.24) is 20.1 Å². The Bertz CT molecular complexity index is 959. The number of benzene rings is 2. The zero-order valence-corrected chi connectivity index (χ0v) is 18.3.